The van der Waals surface area contributed by atoms with Gasteiger partial charge in [-0.3, -0.25) is 0 Å². The summed E-state index contributed by atoms with van der Waals surface area (Å²) >= 11 is 0. The van der Waals surface area contributed by atoms with Gasteiger partial charge < -0.3 is 29.6 Å². The van der Waals surface area contributed by atoms with Crippen LogP contribution in [0.3, 0.4) is 0 Å². The van der Waals surface area contributed by atoms with E-state index in [0.29, 0.717) is 13.1 Å². The molecule has 0 saturated heterocycles. The quantitative estimate of drug-likeness (QED) is 0.436. The number of carbonyl (C=O) groups is 2. The van der Waals surface area contributed by atoms with E-state index in [0.717, 1.165) is 38.8 Å². The fourth-order valence-corrected chi connectivity index (χ4v) is 1.64. The summed E-state index contributed by atoms with van der Waals surface area (Å²) in [5, 5.41) is 20.1. The molecule has 0 aliphatic rings. The van der Waals surface area contributed by atoms with Crippen molar-refractivity contribution < 1.29 is 36.3 Å². The van der Waals surface area contributed by atoms with Crippen molar-refractivity contribution in [3.05, 3.63) is 0 Å². The first-order chi connectivity index (χ1) is 10.3. The minimum absolute atomic E-state index is 0. The van der Waals surface area contributed by atoms with Crippen molar-refractivity contribution >= 4 is 11.9 Å². The molecule has 0 aliphatic heterocycles. The topological polar surface area (TPSA) is 86.7 Å². The van der Waals surface area contributed by atoms with Gasteiger partial charge in [0.2, 0.25) is 0 Å². The Morgan fingerprint density at radius 2 is 1.04 bits per heavy atom. The van der Waals surface area contributed by atoms with Crippen LogP contribution in [0.5, 0.6) is 0 Å². The zero-order valence-electron chi connectivity index (χ0n) is 14.9. The van der Waals surface area contributed by atoms with Crippen molar-refractivity contribution in [1.29, 1.82) is 0 Å². The molecule has 0 radical (unpaired) electrons. The molecule has 0 aromatic heterocycles. The van der Waals surface area contributed by atoms with E-state index < -0.39 is 11.9 Å². The van der Waals surface area contributed by atoms with Gasteiger partial charge in [-0.1, -0.05) is 26.7 Å². The van der Waals surface area contributed by atoms with Crippen molar-refractivity contribution in [3.8, 4) is 0 Å². The fourth-order valence-electron chi connectivity index (χ4n) is 1.64. The van der Waals surface area contributed by atoms with Crippen LogP contribution in [0.2, 0.25) is 0 Å². The van der Waals surface area contributed by atoms with E-state index in [2.05, 4.69) is 13.8 Å². The Kier molecular flexibility index (Phi) is 23.0. The first kappa shape index (κ1) is 27.2. The molecule has 7 heteroatoms. The van der Waals surface area contributed by atoms with E-state index in [9.17, 15) is 19.8 Å². The van der Waals surface area contributed by atoms with Crippen LogP contribution in [-0.2, 0) is 26.1 Å². The third kappa shape index (κ3) is 26.6. The predicted molar refractivity (Wildman–Crippen MR) is 84.1 cm³/mol. The van der Waals surface area contributed by atoms with Crippen LogP contribution in [0.25, 0.3) is 0 Å². The van der Waals surface area contributed by atoms with Crippen LogP contribution in [0, 0.1) is 0 Å². The van der Waals surface area contributed by atoms with Gasteiger partial charge in [-0.25, -0.2) is 0 Å². The molecule has 0 aromatic rings. The van der Waals surface area contributed by atoms with Crippen LogP contribution in [0.1, 0.15) is 52.4 Å². The average molecular weight is 375 g/mol. The van der Waals surface area contributed by atoms with Crippen molar-refractivity contribution in [3.63, 3.8) is 0 Å². The van der Waals surface area contributed by atoms with E-state index >= 15 is 0 Å². The van der Waals surface area contributed by atoms with Crippen LogP contribution in [-0.4, -0.2) is 62.0 Å². The molecule has 6 nitrogen and oxygen atoms in total. The molecule has 0 atom stereocenters. The van der Waals surface area contributed by atoms with Crippen molar-refractivity contribution in [2.75, 3.05) is 40.3 Å². The minimum Gasteiger partial charge on any atom is -0.550 e. The number of carboxylic acid groups (broad SMARTS) is 2. The summed E-state index contributed by atoms with van der Waals surface area (Å²) < 4.78 is 0. The Bertz CT molecular complexity index is 263. The summed E-state index contributed by atoms with van der Waals surface area (Å²) in [5.41, 5.74) is 0. The third-order valence-electron chi connectivity index (χ3n) is 3.18. The monoisotopic (exact) mass is 374 g/mol. The average Bonchev–Trinajstić information content (AvgIpc) is 2.47. The van der Waals surface area contributed by atoms with Crippen LogP contribution < -0.4 is 10.2 Å². The maximum Gasteiger partial charge on any atom is 2.00 e. The molecule has 0 aromatic carbocycles. The molecule has 23 heavy (non-hydrogen) atoms. The number of hydrogen-bond acceptors (Lipinski definition) is 6. The zero-order chi connectivity index (χ0) is 17.4. The van der Waals surface area contributed by atoms with E-state index in [1.807, 2.05) is 23.9 Å². The fraction of sp³-hybridized carbons (Fsp3) is 0.875. The Hall–Kier alpha value is -0.646. The smallest absolute Gasteiger partial charge is 0.550 e. The number of unbranched alkanes of at least 4 members (excludes halogenated alkanes) is 2. The van der Waals surface area contributed by atoms with Crippen molar-refractivity contribution in [1.82, 2.24) is 9.80 Å². The normalized spacial score (nSPS) is 10.0. The van der Waals surface area contributed by atoms with Gasteiger partial charge in [0.25, 0.3) is 0 Å². The molecule has 140 valence electrons. The largest absolute Gasteiger partial charge is 2.00 e. The van der Waals surface area contributed by atoms with E-state index in [1.165, 1.54) is 0 Å². The first-order valence-electron chi connectivity index (χ1n) is 8.10. The standard InChI is InChI=1S/2C8H17NO2.Ni/c2*1-3-4-6-9(2)7-5-8(10)11;/h2*3-7H2,1-2H3,(H,10,11);/q;;+2/p-2. The zero-order valence-corrected chi connectivity index (χ0v) is 15.9. The maximum atomic E-state index is 10.0. The van der Waals surface area contributed by atoms with Gasteiger partial charge in [0.05, 0.1) is 0 Å². The van der Waals surface area contributed by atoms with Gasteiger partial charge in [-0.2, -0.15) is 0 Å². The predicted octanol–water partition coefficient (Wildman–Crippen LogP) is -0.286. The Balaban J connectivity index is -0.000000333. The second-order valence-corrected chi connectivity index (χ2v) is 5.56. The molecule has 0 rings (SSSR count). The summed E-state index contributed by atoms with van der Waals surface area (Å²) in [6, 6.07) is 0. The van der Waals surface area contributed by atoms with Gasteiger partial charge in [0.15, 0.2) is 0 Å². The van der Waals surface area contributed by atoms with E-state index in [-0.39, 0.29) is 29.3 Å². The number of rotatable bonds is 12. The molecule has 0 fully saturated rings. The molecule has 0 bridgehead atoms. The van der Waals surface area contributed by atoms with Crippen molar-refractivity contribution in [2.45, 2.75) is 52.4 Å². The van der Waals surface area contributed by atoms with Crippen LogP contribution in [0.15, 0.2) is 0 Å². The number of aliphatic carboxylic acids is 2. The molecule has 0 spiro atoms. The number of carbonyl (C=O) groups excluding carboxylic acids is 2. The summed E-state index contributed by atoms with van der Waals surface area (Å²) in [6.07, 6.45) is 4.83. The molecule has 0 heterocycles. The summed E-state index contributed by atoms with van der Waals surface area (Å²) in [6.45, 7) is 7.39. The molecule has 0 N–H and O–H groups in total. The third-order valence-corrected chi connectivity index (χ3v) is 3.18. The van der Waals surface area contributed by atoms with Gasteiger partial charge in [0, 0.05) is 25.0 Å². The summed E-state index contributed by atoms with van der Waals surface area (Å²) in [5.74, 6) is -1.93. The summed E-state index contributed by atoms with van der Waals surface area (Å²) in [4.78, 5) is 24.1. The molecule has 0 unspecified atom stereocenters. The van der Waals surface area contributed by atoms with E-state index in [4.69, 9.17) is 0 Å². The van der Waals surface area contributed by atoms with Gasteiger partial charge in [0.1, 0.15) is 0 Å². The molecular weight excluding hydrogens is 343 g/mol. The van der Waals surface area contributed by atoms with Gasteiger partial charge >= 0.3 is 16.5 Å². The Morgan fingerprint density at radius 3 is 1.26 bits per heavy atom. The second kappa shape index (κ2) is 19.4. The molecular formula is C16H32N2NiO4. The minimum atomic E-state index is -0.964. The van der Waals surface area contributed by atoms with Gasteiger partial charge in [-0.05, 0) is 52.9 Å². The number of hydrogen-bond donors (Lipinski definition) is 0. The second-order valence-electron chi connectivity index (χ2n) is 5.56. The Labute approximate surface area is 151 Å². The number of nitrogens with zero attached hydrogens (tertiary/aromatic N) is 2. The SMILES string of the molecule is CCCCN(C)CCC(=O)[O-].CCCCN(C)CCC(=O)[O-].[Ni+2]. The first-order valence-corrected chi connectivity index (χ1v) is 8.10. The summed E-state index contributed by atoms with van der Waals surface area (Å²) in [7, 11) is 3.86. The number of carboxylic acids is 2. The van der Waals surface area contributed by atoms with E-state index in [1.54, 1.807) is 0 Å². The maximum absolute atomic E-state index is 10.0. The molecule has 0 saturated carbocycles. The van der Waals surface area contributed by atoms with Gasteiger partial charge in [-0.15, -0.1) is 0 Å². The Morgan fingerprint density at radius 1 is 0.739 bits per heavy atom. The van der Waals surface area contributed by atoms with Crippen LogP contribution in [0.4, 0.5) is 0 Å². The molecule has 0 amide bonds. The van der Waals surface area contributed by atoms with Crippen LogP contribution >= 0.6 is 0 Å². The van der Waals surface area contributed by atoms with Crippen molar-refractivity contribution in [2.24, 2.45) is 0 Å². The molecule has 0 aliphatic carbocycles.